The van der Waals surface area contributed by atoms with Gasteiger partial charge in [0.15, 0.2) is 0 Å². The maximum atomic E-state index is 14.8. The van der Waals surface area contributed by atoms with Crippen LogP contribution in [0.4, 0.5) is 20.1 Å². The van der Waals surface area contributed by atoms with Crippen LogP contribution in [-0.2, 0) is 70.3 Å². The predicted octanol–water partition coefficient (Wildman–Crippen LogP) is 5.29. The van der Waals surface area contributed by atoms with Gasteiger partial charge < -0.3 is 76.2 Å². The quantitative estimate of drug-likeness (QED) is 0.0143. The Hall–Kier alpha value is -7.84. The molecule has 0 radical (unpaired) electrons. The Kier molecular flexibility index (Phi) is 31.4. The van der Waals surface area contributed by atoms with E-state index in [4.69, 9.17) is 29.4 Å². The first-order chi connectivity index (χ1) is 42.7. The minimum Gasteiger partial charge on any atom is -0.458 e. The van der Waals surface area contributed by atoms with Crippen LogP contribution in [0.2, 0.25) is 0 Å². The third-order valence-electron chi connectivity index (χ3n) is 15.8. The number of nitrogens with zero attached hydrogens (tertiary/aromatic N) is 3. The molecule has 0 aliphatic carbocycles. The number of urea groups is 1. The van der Waals surface area contributed by atoms with Crippen molar-refractivity contribution in [1.82, 2.24) is 41.3 Å². The molecule has 0 spiro atoms. The molecular weight excluding hydrogens is 1180 g/mol. The first kappa shape index (κ1) is 77.4. The summed E-state index contributed by atoms with van der Waals surface area (Å²) in [5, 5.41) is 27.4. The highest BCUT2D eigenvalue weighted by Gasteiger charge is 2.45. The lowest BCUT2D eigenvalue weighted by Crippen LogP contribution is -2.60. The Balaban J connectivity index is 1.73. The number of esters is 1. The van der Waals surface area contributed by atoms with E-state index in [9.17, 15) is 53.1 Å². The Morgan fingerprint density at radius 1 is 0.780 bits per heavy atom. The molecule has 91 heavy (non-hydrogen) atoms. The summed E-state index contributed by atoms with van der Waals surface area (Å²) >= 11 is 0. The van der Waals surface area contributed by atoms with Gasteiger partial charge >= 0.3 is 24.2 Å². The van der Waals surface area contributed by atoms with Crippen LogP contribution in [0.15, 0.2) is 67.3 Å². The second-order valence-corrected chi connectivity index (χ2v) is 25.2. The van der Waals surface area contributed by atoms with E-state index in [-0.39, 0.29) is 69.6 Å². The topological polar surface area (TPSA) is 345 Å². The average Bonchev–Trinajstić information content (AvgIpc) is 2.00. The number of hydrogen-bond donors (Lipinski definition) is 8. The first-order valence-corrected chi connectivity index (χ1v) is 31.1. The Labute approximate surface area is 536 Å². The Bertz CT molecular complexity index is 2740. The molecule has 0 bridgehead atoms. The second-order valence-electron chi connectivity index (χ2n) is 25.2. The molecule has 0 aromatic heterocycles. The molecule has 1 aliphatic heterocycles. The summed E-state index contributed by atoms with van der Waals surface area (Å²) in [5.74, 6) is -5.89. The number of primary amides is 1. The van der Waals surface area contributed by atoms with E-state index in [0.717, 1.165) is 4.90 Å². The number of nitrogens with two attached hydrogens (primary N) is 1. The lowest BCUT2D eigenvalue weighted by Gasteiger charge is -2.41. The van der Waals surface area contributed by atoms with Crippen molar-refractivity contribution >= 4 is 65.3 Å². The molecule has 9 N–H and O–H groups in total. The first-order valence-electron chi connectivity index (χ1n) is 31.1. The van der Waals surface area contributed by atoms with Gasteiger partial charge in [-0.25, -0.2) is 19.2 Å². The molecule has 1 saturated heterocycles. The number of hydrogen-bond acceptors (Lipinski definition) is 16. The number of likely N-dealkylation sites (N-methyl/N-ethyl adjacent to an activating group) is 2. The zero-order valence-electron chi connectivity index (χ0n) is 55.9. The SMILES string of the molecule is C=CCOC(=O)[C@](O)(Cc1ccccc1)NC(=O)C[C@@H](OC)[C@@H]1CCCN1C(=O)C[C@@H](OC)[C@H]([C@@H](C)CC)N(C)C(=O)[C@@H](NC(=O)[C@H](C(C)C)N(C)C(=O)OCc1ccc(NC(=O)[C@H](CCCNC(N)=O)NC(=O)C(NC(=O)OC(C)(C)C)C(C)C)cc1)C(C)C. The number of amides is 10. The summed E-state index contributed by atoms with van der Waals surface area (Å²) < 4.78 is 28.1. The Morgan fingerprint density at radius 2 is 1.42 bits per heavy atom. The summed E-state index contributed by atoms with van der Waals surface area (Å²) in [6, 6.07) is 8.65. The van der Waals surface area contributed by atoms with Crippen molar-refractivity contribution in [2.45, 2.75) is 194 Å². The zero-order valence-corrected chi connectivity index (χ0v) is 55.9. The minimum atomic E-state index is -2.42. The largest absolute Gasteiger partial charge is 0.458 e. The molecule has 26 heteroatoms. The average molecular weight is 1280 g/mol. The van der Waals surface area contributed by atoms with Gasteiger partial charge in [-0.05, 0) is 93.4 Å². The zero-order chi connectivity index (χ0) is 68.5. The molecule has 2 aromatic rings. The van der Waals surface area contributed by atoms with E-state index < -0.39 is 125 Å². The predicted molar refractivity (Wildman–Crippen MR) is 341 cm³/mol. The second kappa shape index (κ2) is 36.9. The molecule has 508 valence electrons. The van der Waals surface area contributed by atoms with Gasteiger partial charge in [-0.15, -0.1) is 0 Å². The van der Waals surface area contributed by atoms with Crippen LogP contribution >= 0.6 is 0 Å². The van der Waals surface area contributed by atoms with Gasteiger partial charge in [0, 0.05) is 53.5 Å². The molecule has 1 unspecified atom stereocenters. The number of ether oxygens (including phenoxy) is 5. The van der Waals surface area contributed by atoms with Gasteiger partial charge in [0.25, 0.3) is 0 Å². The van der Waals surface area contributed by atoms with E-state index in [1.165, 1.54) is 32.2 Å². The smallest absolute Gasteiger partial charge is 0.410 e. The van der Waals surface area contributed by atoms with Gasteiger partial charge in [0.2, 0.25) is 41.2 Å². The monoisotopic (exact) mass is 1280 g/mol. The molecule has 3 rings (SSSR count). The van der Waals surface area contributed by atoms with Crippen molar-refractivity contribution in [3.63, 3.8) is 0 Å². The number of methoxy groups -OCH3 is 2. The van der Waals surface area contributed by atoms with E-state index in [2.05, 4.69) is 38.5 Å². The normalized spacial score (nSPS) is 16.5. The summed E-state index contributed by atoms with van der Waals surface area (Å²) in [6.45, 7) is 23.1. The highest BCUT2D eigenvalue weighted by molar-refractivity contribution is 5.98. The number of aliphatic hydroxyl groups is 1. The fraction of sp³-hybridized carbons (Fsp3) is 0.631. The molecule has 1 aliphatic rings. The van der Waals surface area contributed by atoms with Crippen LogP contribution in [0.25, 0.3) is 0 Å². The van der Waals surface area contributed by atoms with Crippen molar-refractivity contribution in [2.24, 2.45) is 29.4 Å². The van der Waals surface area contributed by atoms with Crippen LogP contribution < -0.4 is 37.6 Å². The number of carbonyl (C=O) groups excluding carboxylic acids is 10. The highest BCUT2D eigenvalue weighted by atomic mass is 16.6. The van der Waals surface area contributed by atoms with Gasteiger partial charge in [-0.3, -0.25) is 33.7 Å². The number of benzene rings is 2. The molecule has 0 saturated carbocycles. The third kappa shape index (κ3) is 24.4. The number of likely N-dealkylation sites (tertiary alicyclic amines) is 1. The van der Waals surface area contributed by atoms with Crippen molar-refractivity contribution in [1.29, 1.82) is 0 Å². The number of carbonyl (C=O) groups is 10. The summed E-state index contributed by atoms with van der Waals surface area (Å²) in [7, 11) is 5.91. The standard InChI is InChI=1S/C65H102N10O16/c1-17-34-89-60(82)65(86,37-43-24-20-19-21-25-43)72-50(76)35-48(87-15)47-27-23-33-75(47)51(77)36-49(88-16)55(42(9)18-2)73(13)59(81)53(40(5)6)70-58(80)54(41(7)8)74(14)63(85)90-38-44-28-30-45(31-29-44)68-56(78)46(26-22-32-67-61(66)83)69-57(79)52(39(3)4)71-62(84)91-64(10,11)12/h17,19-21,24-25,28-31,39-42,46-49,52-55,86H,1,18,22-23,26-27,32-38H2,2-16H3,(H,68,78)(H,69,79)(H,70,80)(H,71,84)(H,72,76)(H3,66,67,83)/t42-,46-,47-,48+,49+,52?,53-,54-,55-,65+/m0/s1. The fourth-order valence-electron chi connectivity index (χ4n) is 10.9. The van der Waals surface area contributed by atoms with Crippen molar-refractivity contribution in [2.75, 3.05) is 53.3 Å². The number of alkyl carbamates (subject to hydrolysis) is 1. The van der Waals surface area contributed by atoms with Crippen LogP contribution in [-0.4, -0.2) is 187 Å². The van der Waals surface area contributed by atoms with Crippen LogP contribution in [0.1, 0.15) is 132 Å². The van der Waals surface area contributed by atoms with Crippen molar-refractivity contribution in [3.05, 3.63) is 78.4 Å². The fourth-order valence-corrected chi connectivity index (χ4v) is 10.9. The van der Waals surface area contributed by atoms with Gasteiger partial charge in [0.05, 0.1) is 37.1 Å². The maximum Gasteiger partial charge on any atom is 0.410 e. The molecular formula is C65H102N10O16. The molecule has 1 fully saturated rings. The lowest BCUT2D eigenvalue weighted by atomic mass is 9.89. The van der Waals surface area contributed by atoms with E-state index in [1.54, 1.807) is 129 Å². The molecule has 10 amide bonds. The molecule has 26 nitrogen and oxygen atoms in total. The third-order valence-corrected chi connectivity index (χ3v) is 15.8. The lowest BCUT2D eigenvalue weighted by molar-refractivity contribution is -0.171. The number of anilines is 1. The highest BCUT2D eigenvalue weighted by Crippen LogP contribution is 2.29. The molecule has 2 aromatic carbocycles. The van der Waals surface area contributed by atoms with Crippen molar-refractivity contribution in [3.8, 4) is 0 Å². The summed E-state index contributed by atoms with van der Waals surface area (Å²) in [5.41, 5.74) is 3.39. The summed E-state index contributed by atoms with van der Waals surface area (Å²) in [6.07, 6.45) is -0.706. The van der Waals surface area contributed by atoms with Gasteiger partial charge in [0.1, 0.15) is 43.0 Å². The minimum absolute atomic E-state index is 0.0898. The Morgan fingerprint density at radius 3 is 1.97 bits per heavy atom. The molecule has 1 heterocycles. The van der Waals surface area contributed by atoms with E-state index >= 15 is 0 Å². The van der Waals surface area contributed by atoms with Crippen LogP contribution in [0.3, 0.4) is 0 Å². The summed E-state index contributed by atoms with van der Waals surface area (Å²) in [4.78, 5) is 140. The van der Waals surface area contributed by atoms with Crippen molar-refractivity contribution < 1.29 is 76.7 Å². The van der Waals surface area contributed by atoms with Crippen LogP contribution in [0.5, 0.6) is 0 Å². The van der Waals surface area contributed by atoms with E-state index in [0.29, 0.717) is 42.6 Å². The van der Waals surface area contributed by atoms with Gasteiger partial charge in [-0.2, -0.15) is 0 Å². The van der Waals surface area contributed by atoms with Crippen LogP contribution in [0, 0.1) is 23.7 Å². The van der Waals surface area contributed by atoms with E-state index in [1.807, 2.05) is 13.8 Å². The number of rotatable bonds is 35. The number of nitrogens with one attached hydrogen (secondary N) is 6. The maximum absolute atomic E-state index is 14.8. The molecule has 10 atom stereocenters. The van der Waals surface area contributed by atoms with Gasteiger partial charge in [-0.1, -0.05) is 117 Å².